The lowest BCUT2D eigenvalue weighted by Gasteiger charge is -2.44. The van der Waals surface area contributed by atoms with Crippen LogP contribution >= 0.6 is 0 Å². The molecule has 2 fully saturated rings. The number of nitrogens with two attached hydrogens (primary N) is 1. The number of pyridine rings is 1. The Labute approximate surface area is 206 Å². The van der Waals surface area contributed by atoms with E-state index in [9.17, 15) is 4.79 Å². The number of nitrogens with zero attached hydrogens (tertiary/aromatic N) is 3. The summed E-state index contributed by atoms with van der Waals surface area (Å²) >= 11 is 0. The quantitative estimate of drug-likeness (QED) is 0.422. The number of hydrogen-bond donors (Lipinski definition) is 3. The fourth-order valence-corrected chi connectivity index (χ4v) is 4.77. The van der Waals surface area contributed by atoms with E-state index in [2.05, 4.69) is 26.2 Å². The van der Waals surface area contributed by atoms with Crippen molar-refractivity contribution in [1.29, 1.82) is 5.41 Å². The maximum Gasteiger partial charge on any atom is 0.251 e. The van der Waals surface area contributed by atoms with E-state index in [1.54, 1.807) is 24.4 Å². The monoisotopic (exact) mass is 472 g/mol. The zero-order chi connectivity index (χ0) is 24.2. The SMILES string of the molecule is N=C(C1=CC=C(N2CCN(C3COC3)CC2)CC1)c1cc(C(=O)NCc2ccccn2)ccc1N. The van der Waals surface area contributed by atoms with Crippen LogP contribution in [0.4, 0.5) is 5.69 Å². The molecule has 3 aliphatic rings. The minimum absolute atomic E-state index is 0.211. The molecule has 2 aromatic rings. The highest BCUT2D eigenvalue weighted by Gasteiger charge is 2.29. The third kappa shape index (κ3) is 5.28. The van der Waals surface area contributed by atoms with Gasteiger partial charge >= 0.3 is 0 Å². The zero-order valence-electron chi connectivity index (χ0n) is 19.9. The molecule has 1 aromatic carbocycles. The number of benzene rings is 1. The molecule has 8 heteroatoms. The number of aromatic nitrogens is 1. The first-order valence-corrected chi connectivity index (χ1v) is 12.2. The Morgan fingerprint density at radius 2 is 1.94 bits per heavy atom. The van der Waals surface area contributed by atoms with Gasteiger partial charge in [0, 0.05) is 54.9 Å². The first kappa shape index (κ1) is 23.3. The average molecular weight is 473 g/mol. The van der Waals surface area contributed by atoms with E-state index in [1.165, 1.54) is 5.70 Å². The molecule has 3 heterocycles. The lowest BCUT2D eigenvalue weighted by molar-refractivity contribution is -0.0748. The Balaban J connectivity index is 1.22. The van der Waals surface area contributed by atoms with Gasteiger partial charge in [0.25, 0.3) is 5.91 Å². The van der Waals surface area contributed by atoms with Gasteiger partial charge in [-0.05, 0) is 54.8 Å². The number of piperazine rings is 1. The van der Waals surface area contributed by atoms with Gasteiger partial charge in [-0.1, -0.05) is 12.1 Å². The third-order valence-corrected chi connectivity index (χ3v) is 7.05. The molecule has 2 saturated heterocycles. The van der Waals surface area contributed by atoms with Crippen LogP contribution in [0, 0.1) is 5.41 Å². The normalized spacial score (nSPS) is 18.9. The number of anilines is 1. The summed E-state index contributed by atoms with van der Waals surface area (Å²) in [6, 6.07) is 11.3. The average Bonchev–Trinajstić information content (AvgIpc) is 2.87. The largest absolute Gasteiger partial charge is 0.398 e. The van der Waals surface area contributed by atoms with Gasteiger partial charge in [-0.2, -0.15) is 0 Å². The highest BCUT2D eigenvalue weighted by Crippen LogP contribution is 2.27. The summed E-state index contributed by atoms with van der Waals surface area (Å²) < 4.78 is 5.33. The number of rotatable bonds is 7. The van der Waals surface area contributed by atoms with E-state index < -0.39 is 0 Å². The molecule has 1 aromatic heterocycles. The van der Waals surface area contributed by atoms with Crippen molar-refractivity contribution in [3.8, 4) is 0 Å². The van der Waals surface area contributed by atoms with Gasteiger partial charge < -0.3 is 20.7 Å². The predicted molar refractivity (Wildman–Crippen MR) is 136 cm³/mol. The smallest absolute Gasteiger partial charge is 0.251 e. The molecule has 0 saturated carbocycles. The Bertz CT molecular complexity index is 1150. The van der Waals surface area contributed by atoms with Crippen molar-refractivity contribution >= 4 is 17.3 Å². The van der Waals surface area contributed by atoms with Crippen molar-refractivity contribution in [3.63, 3.8) is 0 Å². The van der Waals surface area contributed by atoms with Gasteiger partial charge in [0.05, 0.1) is 37.2 Å². The zero-order valence-corrected chi connectivity index (χ0v) is 19.9. The summed E-state index contributed by atoms with van der Waals surface area (Å²) in [5.41, 5.74) is 11.2. The van der Waals surface area contributed by atoms with Gasteiger partial charge in [-0.3, -0.25) is 20.1 Å². The molecule has 2 aliphatic heterocycles. The number of allylic oxidation sites excluding steroid dienone is 4. The van der Waals surface area contributed by atoms with E-state index in [0.717, 1.165) is 63.5 Å². The summed E-state index contributed by atoms with van der Waals surface area (Å²) in [5.74, 6) is -0.211. The number of ether oxygens (including phenoxy) is 1. The van der Waals surface area contributed by atoms with E-state index in [4.69, 9.17) is 15.9 Å². The maximum absolute atomic E-state index is 12.7. The van der Waals surface area contributed by atoms with Crippen molar-refractivity contribution in [1.82, 2.24) is 20.1 Å². The lowest BCUT2D eigenvalue weighted by Crippen LogP contribution is -2.56. The molecular formula is C27H32N6O2. The number of carbonyl (C=O) groups excluding carboxylic acids is 1. The van der Waals surface area contributed by atoms with Crippen molar-refractivity contribution in [2.75, 3.05) is 45.1 Å². The van der Waals surface area contributed by atoms with Crippen molar-refractivity contribution in [2.24, 2.45) is 0 Å². The van der Waals surface area contributed by atoms with Crippen molar-refractivity contribution < 1.29 is 9.53 Å². The molecule has 5 rings (SSSR count). The molecule has 35 heavy (non-hydrogen) atoms. The Morgan fingerprint density at radius 3 is 2.60 bits per heavy atom. The van der Waals surface area contributed by atoms with Gasteiger partial charge in [-0.25, -0.2) is 0 Å². The predicted octanol–water partition coefficient (Wildman–Crippen LogP) is 2.58. The van der Waals surface area contributed by atoms with Gasteiger partial charge in [-0.15, -0.1) is 0 Å². The first-order valence-electron chi connectivity index (χ1n) is 12.2. The molecule has 1 aliphatic carbocycles. The van der Waals surface area contributed by atoms with Crippen LogP contribution in [0.15, 0.2) is 66.0 Å². The van der Waals surface area contributed by atoms with E-state index in [-0.39, 0.29) is 5.91 Å². The second-order valence-corrected chi connectivity index (χ2v) is 9.24. The first-order chi connectivity index (χ1) is 17.1. The maximum atomic E-state index is 12.7. The molecule has 182 valence electrons. The van der Waals surface area contributed by atoms with Crippen LogP contribution in [0.2, 0.25) is 0 Å². The Hall–Kier alpha value is -3.49. The van der Waals surface area contributed by atoms with E-state index >= 15 is 0 Å². The van der Waals surface area contributed by atoms with Crippen LogP contribution in [-0.4, -0.2) is 71.8 Å². The molecule has 0 radical (unpaired) electrons. The van der Waals surface area contributed by atoms with Crippen LogP contribution in [0.5, 0.6) is 0 Å². The number of amides is 1. The Kier molecular flexibility index (Phi) is 6.92. The van der Waals surface area contributed by atoms with Gasteiger partial charge in [0.2, 0.25) is 0 Å². The highest BCUT2D eigenvalue weighted by atomic mass is 16.5. The molecule has 0 bridgehead atoms. The molecule has 0 spiro atoms. The second kappa shape index (κ2) is 10.4. The van der Waals surface area contributed by atoms with Crippen LogP contribution in [-0.2, 0) is 11.3 Å². The van der Waals surface area contributed by atoms with E-state index in [1.807, 2.05) is 24.3 Å². The van der Waals surface area contributed by atoms with Gasteiger partial charge in [0.1, 0.15) is 0 Å². The van der Waals surface area contributed by atoms with Crippen LogP contribution in [0.3, 0.4) is 0 Å². The summed E-state index contributed by atoms with van der Waals surface area (Å²) in [6.45, 7) is 6.29. The van der Waals surface area contributed by atoms with Crippen molar-refractivity contribution in [2.45, 2.75) is 25.4 Å². The number of nitrogen functional groups attached to an aromatic ring is 1. The molecule has 4 N–H and O–H groups in total. The van der Waals surface area contributed by atoms with Crippen LogP contribution in [0.1, 0.15) is 34.5 Å². The van der Waals surface area contributed by atoms with Gasteiger partial charge in [0.15, 0.2) is 0 Å². The van der Waals surface area contributed by atoms with Crippen LogP contribution in [0.25, 0.3) is 0 Å². The van der Waals surface area contributed by atoms with Crippen LogP contribution < -0.4 is 11.1 Å². The summed E-state index contributed by atoms with van der Waals surface area (Å²) in [4.78, 5) is 21.9. The van der Waals surface area contributed by atoms with E-state index in [0.29, 0.717) is 35.1 Å². The topological polar surface area (TPSA) is 108 Å². The standard InChI is InChI=1S/C27H32N6O2/c28-25-9-6-20(27(34)31-16-21-3-1-2-10-30-21)15-24(25)26(29)19-4-7-22(8-5-19)32-11-13-33(14-12-32)23-17-35-18-23/h1-4,6-7,9-10,15,23,29H,5,8,11-14,16-18,28H2,(H,31,34). The molecule has 0 unspecified atom stereocenters. The van der Waals surface area contributed by atoms with Crippen molar-refractivity contribution in [3.05, 3.63) is 82.8 Å². The number of nitrogens with one attached hydrogen (secondary N) is 2. The summed E-state index contributed by atoms with van der Waals surface area (Å²) in [5, 5.41) is 11.7. The Morgan fingerprint density at radius 1 is 1.11 bits per heavy atom. The summed E-state index contributed by atoms with van der Waals surface area (Å²) in [6.07, 6.45) is 7.59. The summed E-state index contributed by atoms with van der Waals surface area (Å²) in [7, 11) is 0. The lowest BCUT2D eigenvalue weighted by atomic mass is 9.92. The highest BCUT2D eigenvalue weighted by molar-refractivity contribution is 6.14. The fraction of sp³-hybridized carbons (Fsp3) is 0.370. The molecule has 8 nitrogen and oxygen atoms in total. The molecular weight excluding hydrogens is 440 g/mol. The fourth-order valence-electron chi connectivity index (χ4n) is 4.77. The molecule has 0 atom stereocenters. The number of carbonyl (C=O) groups is 1. The number of hydrogen-bond acceptors (Lipinski definition) is 7. The molecule has 1 amide bonds. The second-order valence-electron chi connectivity index (χ2n) is 9.24. The third-order valence-electron chi connectivity index (χ3n) is 7.05. The minimum atomic E-state index is -0.211. The minimum Gasteiger partial charge on any atom is -0.398 e.